The van der Waals surface area contributed by atoms with Crippen LogP contribution in [0, 0.1) is 0 Å². The minimum absolute atomic E-state index is 0.258. The molecule has 0 bridgehead atoms. The number of aliphatic imine (C=N–C) groups is 1. The number of benzene rings is 1. The minimum atomic E-state index is 0.258. The van der Waals surface area contributed by atoms with Crippen molar-refractivity contribution < 1.29 is 0 Å². The first-order chi connectivity index (χ1) is 12.3. The number of hydrogen-bond acceptors (Lipinski definition) is 3. The van der Waals surface area contributed by atoms with Crippen molar-refractivity contribution in [2.24, 2.45) is 4.99 Å². The molecule has 0 aliphatic heterocycles. The van der Waals surface area contributed by atoms with Crippen molar-refractivity contribution in [2.75, 3.05) is 13.1 Å². The molecule has 1 fully saturated rings. The number of guanidine groups is 1. The lowest BCUT2D eigenvalue weighted by molar-refractivity contribution is 0.244. The predicted molar refractivity (Wildman–Crippen MR) is 106 cm³/mol. The highest BCUT2D eigenvalue weighted by atomic mass is 32.1. The van der Waals surface area contributed by atoms with Gasteiger partial charge in [0.15, 0.2) is 5.96 Å². The average molecular weight is 357 g/mol. The quantitative estimate of drug-likeness (QED) is 0.585. The van der Waals surface area contributed by atoms with Gasteiger partial charge in [-0.05, 0) is 31.7 Å². The smallest absolute Gasteiger partial charge is 0.191 e. The maximum atomic E-state index is 4.73. The molecule has 0 atom stereocenters. The molecule has 1 aromatic heterocycles. The van der Waals surface area contributed by atoms with Gasteiger partial charge in [0.25, 0.3) is 0 Å². The number of aryl methyl sites for hydroxylation is 1. The molecular weight excluding hydrogens is 328 g/mol. The highest BCUT2D eigenvalue weighted by Gasteiger charge is 2.38. The van der Waals surface area contributed by atoms with Crippen LogP contribution in [0.1, 0.15) is 48.6 Å². The molecule has 0 spiro atoms. The predicted octanol–water partition coefficient (Wildman–Crippen LogP) is 3.88. The van der Waals surface area contributed by atoms with E-state index < -0.39 is 0 Å². The Balaban J connectivity index is 1.64. The Morgan fingerprint density at radius 3 is 2.60 bits per heavy atom. The summed E-state index contributed by atoms with van der Waals surface area (Å²) in [5, 5.41) is 8.01. The molecule has 1 aliphatic carbocycles. The normalized spacial score (nSPS) is 16.3. The van der Waals surface area contributed by atoms with Crippen molar-refractivity contribution in [1.82, 2.24) is 15.6 Å². The summed E-state index contributed by atoms with van der Waals surface area (Å²) in [5.74, 6) is 0.887. The average Bonchev–Trinajstić information content (AvgIpc) is 3.07. The monoisotopic (exact) mass is 356 g/mol. The maximum Gasteiger partial charge on any atom is 0.191 e. The molecule has 0 amide bonds. The van der Waals surface area contributed by atoms with Crippen molar-refractivity contribution in [3.8, 4) is 0 Å². The molecule has 0 saturated heterocycles. The molecule has 4 nitrogen and oxygen atoms in total. The molecule has 5 heteroatoms. The van der Waals surface area contributed by atoms with Crippen LogP contribution < -0.4 is 10.6 Å². The Morgan fingerprint density at radius 2 is 2.00 bits per heavy atom. The summed E-state index contributed by atoms with van der Waals surface area (Å²) in [6.07, 6.45) is 6.81. The Bertz CT molecular complexity index is 689. The van der Waals surface area contributed by atoms with Crippen LogP contribution in [0.2, 0.25) is 0 Å². The first kappa shape index (κ1) is 17.9. The van der Waals surface area contributed by atoms with E-state index in [4.69, 9.17) is 4.99 Å². The lowest BCUT2D eigenvalue weighted by Crippen LogP contribution is -2.48. The fraction of sp³-hybridized carbons (Fsp3) is 0.500. The first-order valence-electron chi connectivity index (χ1n) is 9.27. The van der Waals surface area contributed by atoms with E-state index in [-0.39, 0.29) is 5.41 Å². The molecule has 1 saturated carbocycles. The highest BCUT2D eigenvalue weighted by molar-refractivity contribution is 7.11. The second-order valence-corrected chi connectivity index (χ2v) is 7.82. The maximum absolute atomic E-state index is 4.73. The molecule has 0 unspecified atom stereocenters. The third-order valence-corrected chi connectivity index (χ3v) is 6.08. The number of aromatic nitrogens is 1. The fourth-order valence-corrected chi connectivity index (χ4v) is 4.08. The number of nitrogens with zero attached hydrogens (tertiary/aromatic N) is 2. The van der Waals surface area contributed by atoms with Crippen LogP contribution in [0.15, 0.2) is 41.5 Å². The van der Waals surface area contributed by atoms with Crippen LogP contribution >= 0.6 is 11.3 Å². The summed E-state index contributed by atoms with van der Waals surface area (Å²) >= 11 is 1.76. The van der Waals surface area contributed by atoms with E-state index in [0.29, 0.717) is 6.54 Å². The van der Waals surface area contributed by atoms with Crippen molar-refractivity contribution in [3.63, 3.8) is 0 Å². The molecule has 1 aliphatic rings. The number of hydrogen-bond donors (Lipinski definition) is 2. The van der Waals surface area contributed by atoms with E-state index in [1.165, 1.54) is 29.7 Å². The zero-order valence-electron chi connectivity index (χ0n) is 15.2. The van der Waals surface area contributed by atoms with E-state index in [1.807, 2.05) is 6.20 Å². The summed E-state index contributed by atoms with van der Waals surface area (Å²) in [7, 11) is 0. The van der Waals surface area contributed by atoms with Gasteiger partial charge in [-0.2, -0.15) is 0 Å². The number of nitrogens with one attached hydrogen (secondary N) is 2. The van der Waals surface area contributed by atoms with Gasteiger partial charge < -0.3 is 10.6 Å². The van der Waals surface area contributed by atoms with Crippen molar-refractivity contribution >= 4 is 17.3 Å². The zero-order valence-corrected chi connectivity index (χ0v) is 16.0. The molecule has 0 radical (unpaired) electrons. The van der Waals surface area contributed by atoms with Gasteiger partial charge in [-0.25, -0.2) is 9.98 Å². The lowest BCUT2D eigenvalue weighted by Gasteiger charge is -2.43. The van der Waals surface area contributed by atoms with Crippen LogP contribution in [-0.4, -0.2) is 24.0 Å². The van der Waals surface area contributed by atoms with Crippen LogP contribution in [0.3, 0.4) is 0 Å². The summed E-state index contributed by atoms with van der Waals surface area (Å²) in [4.78, 5) is 10.5. The number of rotatable bonds is 7. The Hall–Kier alpha value is -1.88. The van der Waals surface area contributed by atoms with Gasteiger partial charge in [0.2, 0.25) is 0 Å². The van der Waals surface area contributed by atoms with E-state index in [9.17, 15) is 0 Å². The lowest BCUT2D eigenvalue weighted by atomic mass is 9.64. The third-order valence-electron chi connectivity index (χ3n) is 4.96. The van der Waals surface area contributed by atoms with Gasteiger partial charge in [-0.3, -0.25) is 0 Å². The standard InChI is InChI=1S/C20H28N4S/c1-3-17-13-22-18(25-17)14-23-19(21-4-2)24-15-20(11-8-12-20)16-9-6-5-7-10-16/h5-7,9-10,13H,3-4,8,11-12,14-15H2,1-2H3,(H2,21,23,24). The van der Waals surface area contributed by atoms with Crippen molar-refractivity contribution in [3.05, 3.63) is 52.0 Å². The van der Waals surface area contributed by atoms with Gasteiger partial charge in [0.1, 0.15) is 5.01 Å². The van der Waals surface area contributed by atoms with E-state index >= 15 is 0 Å². The Morgan fingerprint density at radius 1 is 1.20 bits per heavy atom. The molecule has 134 valence electrons. The van der Waals surface area contributed by atoms with Crippen LogP contribution in [-0.2, 0) is 18.4 Å². The highest BCUT2D eigenvalue weighted by Crippen LogP contribution is 2.43. The minimum Gasteiger partial charge on any atom is -0.357 e. The summed E-state index contributed by atoms with van der Waals surface area (Å²) in [5.41, 5.74) is 1.70. The topological polar surface area (TPSA) is 49.3 Å². The number of thiazole rings is 1. The molecular formula is C20H28N4S. The third kappa shape index (κ3) is 4.40. The van der Waals surface area contributed by atoms with Gasteiger partial charge >= 0.3 is 0 Å². The summed E-state index contributed by atoms with van der Waals surface area (Å²) in [6.45, 7) is 6.70. The van der Waals surface area contributed by atoms with Crippen LogP contribution in [0.4, 0.5) is 0 Å². The van der Waals surface area contributed by atoms with Gasteiger partial charge in [0.05, 0.1) is 6.54 Å². The summed E-state index contributed by atoms with van der Waals surface area (Å²) < 4.78 is 0. The molecule has 3 rings (SSSR count). The second kappa shape index (κ2) is 8.48. The summed E-state index contributed by atoms with van der Waals surface area (Å²) in [6, 6.07) is 10.9. The van der Waals surface area contributed by atoms with Crippen LogP contribution in [0.25, 0.3) is 0 Å². The molecule has 1 aromatic carbocycles. The van der Waals surface area contributed by atoms with E-state index in [0.717, 1.165) is 30.5 Å². The fourth-order valence-electron chi connectivity index (χ4n) is 3.29. The second-order valence-electron chi connectivity index (χ2n) is 6.62. The van der Waals surface area contributed by atoms with E-state index in [2.05, 4.69) is 59.8 Å². The molecule has 25 heavy (non-hydrogen) atoms. The van der Waals surface area contributed by atoms with Crippen molar-refractivity contribution in [2.45, 2.75) is 51.5 Å². The molecule has 2 aromatic rings. The zero-order chi connectivity index (χ0) is 17.5. The first-order valence-corrected chi connectivity index (χ1v) is 10.1. The molecule has 1 heterocycles. The van der Waals surface area contributed by atoms with Gasteiger partial charge in [-0.15, -0.1) is 11.3 Å². The van der Waals surface area contributed by atoms with Crippen molar-refractivity contribution in [1.29, 1.82) is 0 Å². The van der Waals surface area contributed by atoms with Gasteiger partial charge in [0, 0.05) is 29.6 Å². The molecule has 2 N–H and O–H groups in total. The SMILES string of the molecule is CCNC(=NCc1ncc(CC)s1)NCC1(c2ccccc2)CCC1. The largest absolute Gasteiger partial charge is 0.357 e. The Kier molecular flexibility index (Phi) is 6.08. The van der Waals surface area contributed by atoms with E-state index in [1.54, 1.807) is 11.3 Å². The van der Waals surface area contributed by atoms with Gasteiger partial charge in [-0.1, -0.05) is 43.7 Å². The Labute approximate surface area is 154 Å². The van der Waals surface area contributed by atoms with Crippen LogP contribution in [0.5, 0.6) is 0 Å².